The molecule has 0 fully saturated rings. The molecule has 0 amide bonds. The maximum absolute atomic E-state index is 14.2. The molecule has 0 aliphatic heterocycles. The summed E-state index contributed by atoms with van der Waals surface area (Å²) in [6.45, 7) is -0.650. The smallest absolute Gasteiger partial charge is 0.331 e. The largest absolute Gasteiger partial charge is 0.467 e. The number of carbonyl (C=O) groups excluding carboxylic acids is 2. The van der Waals surface area contributed by atoms with Crippen LogP contribution in [0.5, 0.6) is 0 Å². The minimum Gasteiger partial charge on any atom is -0.467 e. The predicted octanol–water partition coefficient (Wildman–Crippen LogP) is 3.27. The third-order valence-electron chi connectivity index (χ3n) is 3.61. The van der Waals surface area contributed by atoms with E-state index in [1.165, 1.54) is 25.3 Å². The lowest BCUT2D eigenvalue weighted by Crippen LogP contribution is -2.17. The number of benzene rings is 2. The molecule has 134 valence electrons. The van der Waals surface area contributed by atoms with Crippen molar-refractivity contribution in [3.05, 3.63) is 68.0 Å². The molecule has 0 bridgehead atoms. The van der Waals surface area contributed by atoms with Crippen LogP contribution < -0.4 is 0 Å². The average Bonchev–Trinajstić information content (AvgIpc) is 2.63. The standard InChI is InChI=1S/C19H15FINO4/c1-25-19(24)11-26-10-18(23)16-5-2-12(9-22)6-14(16)7-13-3-4-15(21)8-17(13)20/h2-6,8H,7,10-11H2,1H3. The highest BCUT2D eigenvalue weighted by Crippen LogP contribution is 2.20. The van der Waals surface area contributed by atoms with Crippen molar-refractivity contribution in [2.24, 2.45) is 0 Å². The molecular weight excluding hydrogens is 452 g/mol. The van der Waals surface area contributed by atoms with Gasteiger partial charge in [-0.2, -0.15) is 5.26 Å². The van der Waals surface area contributed by atoms with Gasteiger partial charge in [-0.25, -0.2) is 9.18 Å². The van der Waals surface area contributed by atoms with Gasteiger partial charge in [0.05, 0.1) is 18.7 Å². The zero-order chi connectivity index (χ0) is 19.1. The van der Waals surface area contributed by atoms with E-state index in [-0.39, 0.29) is 31.2 Å². The second-order valence-electron chi connectivity index (χ2n) is 5.39. The Kier molecular flexibility index (Phi) is 7.24. The second-order valence-corrected chi connectivity index (χ2v) is 6.63. The third-order valence-corrected chi connectivity index (χ3v) is 4.28. The molecule has 0 atom stereocenters. The Morgan fingerprint density at radius 2 is 1.92 bits per heavy atom. The normalized spacial score (nSPS) is 10.2. The molecule has 0 unspecified atom stereocenters. The summed E-state index contributed by atoms with van der Waals surface area (Å²) in [5.41, 5.74) is 1.64. The molecule has 0 aliphatic rings. The molecule has 5 nitrogen and oxygen atoms in total. The number of carbonyl (C=O) groups is 2. The summed E-state index contributed by atoms with van der Waals surface area (Å²) in [5.74, 6) is -1.32. The maximum Gasteiger partial charge on any atom is 0.331 e. The van der Waals surface area contributed by atoms with E-state index in [0.717, 1.165) is 3.57 Å². The zero-order valence-electron chi connectivity index (χ0n) is 13.9. The molecule has 2 rings (SSSR count). The fourth-order valence-electron chi connectivity index (χ4n) is 2.32. The number of rotatable bonds is 7. The van der Waals surface area contributed by atoms with Gasteiger partial charge in [0.25, 0.3) is 0 Å². The summed E-state index contributed by atoms with van der Waals surface area (Å²) in [4.78, 5) is 23.5. The Morgan fingerprint density at radius 3 is 2.58 bits per heavy atom. The lowest BCUT2D eigenvalue weighted by Gasteiger charge is -2.11. The number of halogens is 2. The predicted molar refractivity (Wildman–Crippen MR) is 100 cm³/mol. The number of Topliss-reactive ketones (excluding diaryl/α,β-unsaturated/α-hetero) is 1. The Balaban J connectivity index is 2.25. The minimum atomic E-state index is -0.584. The first-order chi connectivity index (χ1) is 12.4. The van der Waals surface area contributed by atoms with Crippen molar-refractivity contribution in [2.45, 2.75) is 6.42 Å². The van der Waals surface area contributed by atoms with Crippen LogP contribution in [0.2, 0.25) is 0 Å². The molecule has 7 heteroatoms. The molecule has 0 saturated carbocycles. The number of hydrogen-bond acceptors (Lipinski definition) is 5. The van der Waals surface area contributed by atoms with Gasteiger partial charge in [-0.15, -0.1) is 0 Å². The van der Waals surface area contributed by atoms with E-state index in [1.54, 1.807) is 18.2 Å². The monoisotopic (exact) mass is 467 g/mol. The number of methoxy groups -OCH3 is 1. The first-order valence-electron chi connectivity index (χ1n) is 7.59. The summed E-state index contributed by atoms with van der Waals surface area (Å²) >= 11 is 2.01. The van der Waals surface area contributed by atoms with Gasteiger partial charge < -0.3 is 9.47 Å². The molecule has 0 saturated heterocycles. The lowest BCUT2D eigenvalue weighted by molar-refractivity contribution is -0.145. The van der Waals surface area contributed by atoms with Gasteiger partial charge >= 0.3 is 5.97 Å². The average molecular weight is 467 g/mol. The summed E-state index contributed by atoms with van der Waals surface area (Å²) in [7, 11) is 1.22. The summed E-state index contributed by atoms with van der Waals surface area (Å²) in [5, 5.41) is 9.09. The van der Waals surface area contributed by atoms with Crippen molar-refractivity contribution in [3.63, 3.8) is 0 Å². The van der Waals surface area contributed by atoms with Crippen molar-refractivity contribution < 1.29 is 23.5 Å². The van der Waals surface area contributed by atoms with E-state index in [2.05, 4.69) is 4.74 Å². The van der Waals surface area contributed by atoms with Crippen LogP contribution in [0.25, 0.3) is 0 Å². The second kappa shape index (κ2) is 9.40. The molecule has 2 aromatic carbocycles. The van der Waals surface area contributed by atoms with Gasteiger partial charge in [0, 0.05) is 15.6 Å². The lowest BCUT2D eigenvalue weighted by atomic mass is 9.95. The number of nitrogens with zero attached hydrogens (tertiary/aromatic N) is 1. The van der Waals surface area contributed by atoms with Gasteiger partial charge in [-0.1, -0.05) is 6.07 Å². The zero-order valence-corrected chi connectivity index (χ0v) is 16.1. The molecular formula is C19H15FINO4. The minimum absolute atomic E-state index is 0.163. The van der Waals surface area contributed by atoms with E-state index in [1.807, 2.05) is 28.7 Å². The number of hydrogen-bond donors (Lipinski definition) is 0. The Bertz CT molecular complexity index is 876. The molecule has 0 aromatic heterocycles. The van der Waals surface area contributed by atoms with Crippen molar-refractivity contribution in [1.82, 2.24) is 0 Å². The number of ether oxygens (including phenoxy) is 2. The Hall–Kier alpha value is -2.31. The summed E-state index contributed by atoms with van der Waals surface area (Å²) in [6, 6.07) is 11.4. The summed E-state index contributed by atoms with van der Waals surface area (Å²) < 4.78 is 24.4. The molecule has 2 aromatic rings. The third kappa shape index (κ3) is 5.34. The molecule has 0 spiro atoms. The fraction of sp³-hybridized carbons (Fsp3) is 0.211. The highest BCUT2D eigenvalue weighted by atomic mass is 127. The van der Waals surface area contributed by atoms with Gasteiger partial charge in [0.1, 0.15) is 19.0 Å². The van der Waals surface area contributed by atoms with Gasteiger partial charge in [0.2, 0.25) is 0 Å². The van der Waals surface area contributed by atoms with Crippen LogP contribution in [0.1, 0.15) is 27.0 Å². The van der Waals surface area contributed by atoms with Gasteiger partial charge in [0.15, 0.2) is 5.78 Å². The Labute approximate surface area is 163 Å². The highest BCUT2D eigenvalue weighted by Gasteiger charge is 2.15. The van der Waals surface area contributed by atoms with Crippen LogP contribution in [0, 0.1) is 20.7 Å². The number of ketones is 1. The first-order valence-corrected chi connectivity index (χ1v) is 8.67. The molecule has 0 N–H and O–H groups in total. The van der Waals surface area contributed by atoms with Crippen LogP contribution in [0.15, 0.2) is 36.4 Å². The highest BCUT2D eigenvalue weighted by molar-refractivity contribution is 14.1. The van der Waals surface area contributed by atoms with Crippen molar-refractivity contribution >= 4 is 34.3 Å². The van der Waals surface area contributed by atoms with Crippen molar-refractivity contribution in [3.8, 4) is 6.07 Å². The fourth-order valence-corrected chi connectivity index (χ4v) is 2.77. The number of esters is 1. The van der Waals surface area contributed by atoms with Gasteiger partial charge in [-0.3, -0.25) is 4.79 Å². The van der Waals surface area contributed by atoms with Crippen molar-refractivity contribution in [1.29, 1.82) is 5.26 Å². The van der Waals surface area contributed by atoms with Crippen molar-refractivity contribution in [2.75, 3.05) is 20.3 Å². The molecule has 26 heavy (non-hydrogen) atoms. The topological polar surface area (TPSA) is 76.4 Å². The van der Waals surface area contributed by atoms with E-state index in [4.69, 9.17) is 10.00 Å². The molecule has 0 aliphatic carbocycles. The molecule has 0 radical (unpaired) electrons. The van der Waals surface area contributed by atoms with Crippen LogP contribution in [0.3, 0.4) is 0 Å². The van der Waals surface area contributed by atoms with Crippen LogP contribution in [-0.2, 0) is 20.7 Å². The van der Waals surface area contributed by atoms with Crippen LogP contribution >= 0.6 is 22.6 Å². The number of nitriles is 1. The maximum atomic E-state index is 14.2. The molecule has 0 heterocycles. The van der Waals surface area contributed by atoms with Crippen LogP contribution in [-0.4, -0.2) is 32.1 Å². The van der Waals surface area contributed by atoms with E-state index >= 15 is 0 Å². The first kappa shape index (κ1) is 20.0. The van der Waals surface area contributed by atoms with Crippen LogP contribution in [0.4, 0.5) is 4.39 Å². The SMILES string of the molecule is COC(=O)COCC(=O)c1ccc(C#N)cc1Cc1ccc(I)cc1F. The van der Waals surface area contributed by atoms with Gasteiger partial charge in [-0.05, 0) is 64.0 Å². The van der Waals surface area contributed by atoms with E-state index in [9.17, 15) is 14.0 Å². The Morgan fingerprint density at radius 1 is 1.15 bits per heavy atom. The quantitative estimate of drug-likeness (QED) is 0.355. The van der Waals surface area contributed by atoms with E-state index < -0.39 is 5.97 Å². The van der Waals surface area contributed by atoms with E-state index in [0.29, 0.717) is 22.3 Å². The summed E-state index contributed by atoms with van der Waals surface area (Å²) in [6.07, 6.45) is 0.163.